The van der Waals surface area contributed by atoms with E-state index in [9.17, 15) is 0 Å². The largest absolute Gasteiger partial charge is 0.348 e. The summed E-state index contributed by atoms with van der Waals surface area (Å²) >= 11 is 5.35. The van der Waals surface area contributed by atoms with Crippen molar-refractivity contribution in [3.05, 3.63) is 38.9 Å². The second-order valence-electron chi connectivity index (χ2n) is 6.56. The van der Waals surface area contributed by atoms with Crippen LogP contribution in [0.5, 0.6) is 0 Å². The third-order valence-electron chi connectivity index (χ3n) is 3.54. The van der Waals surface area contributed by atoms with Crippen molar-refractivity contribution in [1.82, 2.24) is 9.97 Å². The van der Waals surface area contributed by atoms with Gasteiger partial charge in [-0.05, 0) is 40.2 Å². The van der Waals surface area contributed by atoms with Gasteiger partial charge in [0.15, 0.2) is 0 Å². The fourth-order valence-electron chi connectivity index (χ4n) is 2.24. The van der Waals surface area contributed by atoms with Gasteiger partial charge in [-0.25, -0.2) is 9.97 Å². The quantitative estimate of drug-likeness (QED) is 0.730. The standard InChI is InChI=1S/C16H20BrN3S/c1-16(2,3)15-18-13(17)9-14(19-15)20(11-6-7-11)10-12-5-4-8-21-12/h4-5,8-9,11H,6-7,10H2,1-3H3. The highest BCUT2D eigenvalue weighted by molar-refractivity contribution is 9.10. The van der Waals surface area contributed by atoms with Crippen molar-refractivity contribution in [3.63, 3.8) is 0 Å². The van der Waals surface area contributed by atoms with E-state index in [2.05, 4.69) is 64.1 Å². The number of anilines is 1. The van der Waals surface area contributed by atoms with E-state index in [1.54, 1.807) is 0 Å². The van der Waals surface area contributed by atoms with E-state index >= 15 is 0 Å². The molecule has 2 aromatic rings. The molecule has 1 saturated carbocycles. The molecular weight excluding hydrogens is 346 g/mol. The summed E-state index contributed by atoms with van der Waals surface area (Å²) in [5.41, 5.74) is -0.0450. The summed E-state index contributed by atoms with van der Waals surface area (Å²) < 4.78 is 0.870. The molecule has 1 aliphatic rings. The van der Waals surface area contributed by atoms with Crippen LogP contribution in [0.2, 0.25) is 0 Å². The van der Waals surface area contributed by atoms with Crippen LogP contribution in [0, 0.1) is 0 Å². The van der Waals surface area contributed by atoms with Crippen LogP contribution in [-0.4, -0.2) is 16.0 Å². The van der Waals surface area contributed by atoms with Crippen molar-refractivity contribution < 1.29 is 0 Å². The zero-order valence-electron chi connectivity index (χ0n) is 12.6. The predicted molar refractivity (Wildman–Crippen MR) is 92.0 cm³/mol. The Morgan fingerprint density at radius 1 is 1.33 bits per heavy atom. The zero-order valence-corrected chi connectivity index (χ0v) is 15.0. The Balaban J connectivity index is 1.94. The fraction of sp³-hybridized carbons (Fsp3) is 0.500. The van der Waals surface area contributed by atoms with E-state index < -0.39 is 0 Å². The van der Waals surface area contributed by atoms with E-state index in [4.69, 9.17) is 4.98 Å². The first kappa shape index (κ1) is 15.0. The van der Waals surface area contributed by atoms with Crippen molar-refractivity contribution in [2.75, 3.05) is 4.90 Å². The molecule has 112 valence electrons. The fourth-order valence-corrected chi connectivity index (χ4v) is 3.32. The van der Waals surface area contributed by atoms with Gasteiger partial charge in [-0.3, -0.25) is 0 Å². The number of halogens is 1. The van der Waals surface area contributed by atoms with Gasteiger partial charge in [-0.1, -0.05) is 26.8 Å². The molecule has 0 atom stereocenters. The molecule has 0 N–H and O–H groups in total. The smallest absolute Gasteiger partial charge is 0.137 e. The van der Waals surface area contributed by atoms with E-state index in [0.29, 0.717) is 6.04 Å². The molecule has 0 bridgehead atoms. The minimum Gasteiger partial charge on any atom is -0.348 e. The molecule has 1 aliphatic carbocycles. The topological polar surface area (TPSA) is 29.0 Å². The maximum Gasteiger partial charge on any atom is 0.137 e. The number of rotatable bonds is 4. The van der Waals surface area contributed by atoms with E-state index in [1.165, 1.54) is 17.7 Å². The lowest BCUT2D eigenvalue weighted by Gasteiger charge is -2.25. The second kappa shape index (κ2) is 5.69. The molecule has 2 aromatic heterocycles. The van der Waals surface area contributed by atoms with Crippen LogP contribution in [0.3, 0.4) is 0 Å². The van der Waals surface area contributed by atoms with Crippen LogP contribution in [0.25, 0.3) is 0 Å². The molecule has 3 nitrogen and oxygen atoms in total. The number of nitrogens with zero attached hydrogens (tertiary/aromatic N) is 3. The highest BCUT2D eigenvalue weighted by Crippen LogP contribution is 2.34. The minimum atomic E-state index is -0.0450. The molecule has 21 heavy (non-hydrogen) atoms. The lowest BCUT2D eigenvalue weighted by Crippen LogP contribution is -2.27. The van der Waals surface area contributed by atoms with Gasteiger partial charge < -0.3 is 4.90 Å². The van der Waals surface area contributed by atoms with Gasteiger partial charge in [-0.2, -0.15) is 0 Å². The van der Waals surface area contributed by atoms with Gasteiger partial charge >= 0.3 is 0 Å². The Morgan fingerprint density at radius 3 is 2.67 bits per heavy atom. The average molecular weight is 366 g/mol. The number of hydrogen-bond donors (Lipinski definition) is 0. The van der Waals surface area contributed by atoms with Crippen LogP contribution in [0.1, 0.15) is 44.3 Å². The summed E-state index contributed by atoms with van der Waals surface area (Å²) in [6.07, 6.45) is 2.52. The van der Waals surface area contributed by atoms with E-state index in [1.807, 2.05) is 17.4 Å². The Labute approximate surface area is 138 Å². The average Bonchev–Trinajstić information content (AvgIpc) is 3.11. The van der Waals surface area contributed by atoms with Crippen molar-refractivity contribution in [3.8, 4) is 0 Å². The Kier molecular flexibility index (Phi) is 4.06. The molecule has 0 amide bonds. The van der Waals surface area contributed by atoms with Gasteiger partial charge in [0.05, 0.1) is 6.54 Å². The van der Waals surface area contributed by atoms with Crippen molar-refractivity contribution in [2.45, 2.75) is 51.6 Å². The summed E-state index contributed by atoms with van der Waals surface area (Å²) in [7, 11) is 0. The van der Waals surface area contributed by atoms with E-state index in [0.717, 1.165) is 22.8 Å². The van der Waals surface area contributed by atoms with Gasteiger partial charge in [0.1, 0.15) is 16.2 Å². The Hall–Kier alpha value is -0.940. The van der Waals surface area contributed by atoms with Crippen molar-refractivity contribution >= 4 is 33.1 Å². The summed E-state index contributed by atoms with van der Waals surface area (Å²) in [4.78, 5) is 13.2. The first-order valence-corrected chi connectivity index (χ1v) is 8.95. The van der Waals surface area contributed by atoms with Gasteiger partial charge in [0.25, 0.3) is 0 Å². The number of thiophene rings is 1. The Morgan fingerprint density at radius 2 is 2.10 bits per heavy atom. The normalized spacial score (nSPS) is 15.2. The number of hydrogen-bond acceptors (Lipinski definition) is 4. The molecule has 0 unspecified atom stereocenters. The summed E-state index contributed by atoms with van der Waals surface area (Å²) in [6.45, 7) is 7.40. The minimum absolute atomic E-state index is 0.0450. The maximum absolute atomic E-state index is 4.84. The van der Waals surface area contributed by atoms with Gasteiger partial charge in [-0.15, -0.1) is 11.3 Å². The zero-order chi connectivity index (χ0) is 15.0. The summed E-state index contributed by atoms with van der Waals surface area (Å²) in [6, 6.07) is 6.98. The summed E-state index contributed by atoms with van der Waals surface area (Å²) in [5, 5.41) is 2.14. The molecule has 3 rings (SSSR count). The third kappa shape index (κ3) is 3.64. The first-order chi connectivity index (χ1) is 9.93. The SMILES string of the molecule is CC(C)(C)c1nc(Br)cc(N(Cc2cccs2)C2CC2)n1. The van der Waals surface area contributed by atoms with Gasteiger partial charge in [0, 0.05) is 22.4 Å². The molecule has 1 fully saturated rings. The van der Waals surface area contributed by atoms with Crippen LogP contribution < -0.4 is 4.90 Å². The highest BCUT2D eigenvalue weighted by Gasteiger charge is 2.31. The van der Waals surface area contributed by atoms with Crippen LogP contribution in [0.4, 0.5) is 5.82 Å². The molecular formula is C16H20BrN3S. The molecule has 0 aliphatic heterocycles. The van der Waals surface area contributed by atoms with Crippen LogP contribution in [-0.2, 0) is 12.0 Å². The van der Waals surface area contributed by atoms with Gasteiger partial charge in [0.2, 0.25) is 0 Å². The second-order valence-corrected chi connectivity index (χ2v) is 8.41. The van der Waals surface area contributed by atoms with Crippen LogP contribution >= 0.6 is 27.3 Å². The van der Waals surface area contributed by atoms with Crippen LogP contribution in [0.15, 0.2) is 28.2 Å². The van der Waals surface area contributed by atoms with E-state index in [-0.39, 0.29) is 5.41 Å². The highest BCUT2D eigenvalue weighted by atomic mass is 79.9. The molecule has 2 heterocycles. The molecule has 0 aromatic carbocycles. The molecule has 0 radical (unpaired) electrons. The predicted octanol–water partition coefficient (Wildman–Crippen LogP) is 4.77. The molecule has 0 spiro atoms. The van der Waals surface area contributed by atoms with Crippen molar-refractivity contribution in [2.24, 2.45) is 0 Å². The monoisotopic (exact) mass is 365 g/mol. The molecule has 0 saturated heterocycles. The molecule has 5 heteroatoms. The maximum atomic E-state index is 4.84. The summed E-state index contributed by atoms with van der Waals surface area (Å²) in [5.74, 6) is 1.93. The third-order valence-corrected chi connectivity index (χ3v) is 4.81. The van der Waals surface area contributed by atoms with Crippen molar-refractivity contribution in [1.29, 1.82) is 0 Å². The first-order valence-electron chi connectivity index (χ1n) is 7.27. The number of aromatic nitrogens is 2. The lowest BCUT2D eigenvalue weighted by atomic mass is 9.96. The lowest BCUT2D eigenvalue weighted by molar-refractivity contribution is 0.541. The Bertz CT molecular complexity index is 615.